The number of hydrogen-bond acceptors (Lipinski definition) is 4. The molecule has 1 atom stereocenters. The maximum Gasteiger partial charge on any atom is 0.243 e. The number of nitrogens with zero attached hydrogens (tertiary/aromatic N) is 2. The summed E-state index contributed by atoms with van der Waals surface area (Å²) in [4.78, 5) is 29.6. The van der Waals surface area contributed by atoms with E-state index in [1.165, 1.54) is 16.4 Å². The van der Waals surface area contributed by atoms with Gasteiger partial charge in [-0.05, 0) is 72.2 Å². The number of halogens is 1. The van der Waals surface area contributed by atoms with Gasteiger partial charge in [-0.3, -0.25) is 9.59 Å². The maximum atomic E-state index is 14.0. The van der Waals surface area contributed by atoms with Crippen molar-refractivity contribution in [3.63, 3.8) is 0 Å². The highest BCUT2D eigenvalue weighted by Crippen LogP contribution is 2.22. The quantitative estimate of drug-likeness (QED) is 0.196. The Hall–Kier alpha value is -4.34. The molecule has 1 fully saturated rings. The zero-order valence-electron chi connectivity index (χ0n) is 25.9. The number of hydrogen-bond donors (Lipinski definition) is 1. The van der Waals surface area contributed by atoms with Gasteiger partial charge in [0.1, 0.15) is 11.9 Å². The van der Waals surface area contributed by atoms with Crippen LogP contribution in [0.25, 0.3) is 0 Å². The molecule has 4 aromatic rings. The molecule has 2 amide bonds. The minimum Gasteiger partial charge on any atom is -0.354 e. The number of sulfonamides is 1. The Labute approximate surface area is 271 Å². The number of benzene rings is 4. The third-order valence-electron chi connectivity index (χ3n) is 8.35. The smallest absolute Gasteiger partial charge is 0.243 e. The van der Waals surface area contributed by atoms with E-state index in [0.717, 1.165) is 29.5 Å². The third-order valence-corrected chi connectivity index (χ3v) is 10.3. The fourth-order valence-corrected chi connectivity index (χ4v) is 7.25. The van der Waals surface area contributed by atoms with E-state index in [0.29, 0.717) is 44.5 Å². The van der Waals surface area contributed by atoms with Gasteiger partial charge in [-0.1, -0.05) is 84.9 Å². The van der Waals surface area contributed by atoms with E-state index in [9.17, 15) is 22.4 Å². The standard InChI is InChI=1S/C37H40FN3O4S/c38-33-18-13-32(14-19-33)28-41(36(42)22-17-30-15-20-34(21-16-30)46(44,45)40-25-7-8-26-40)35(27-31-11-5-2-6-12-31)37(43)39-24-23-29-9-3-1-4-10-29/h1-6,9-16,18-21,35H,7-8,17,22-28H2,(H,39,43)/t35-/m1/s1. The van der Waals surface area contributed by atoms with E-state index in [1.54, 1.807) is 41.3 Å². The van der Waals surface area contributed by atoms with Gasteiger partial charge < -0.3 is 10.2 Å². The Morgan fingerprint density at radius 3 is 1.93 bits per heavy atom. The molecule has 1 aliphatic heterocycles. The second-order valence-corrected chi connectivity index (χ2v) is 13.6. The second-order valence-electron chi connectivity index (χ2n) is 11.6. The molecule has 7 nitrogen and oxygen atoms in total. The Balaban J connectivity index is 1.34. The summed E-state index contributed by atoms with van der Waals surface area (Å²) >= 11 is 0. The summed E-state index contributed by atoms with van der Waals surface area (Å²) in [6.07, 6.45) is 3.18. The second kappa shape index (κ2) is 15.8. The van der Waals surface area contributed by atoms with Gasteiger partial charge in [-0.25, -0.2) is 12.8 Å². The predicted molar refractivity (Wildman–Crippen MR) is 177 cm³/mol. The SMILES string of the molecule is O=C(NCCc1ccccc1)[C@@H](Cc1ccccc1)N(Cc1ccc(F)cc1)C(=O)CCc1ccc(S(=O)(=O)N2CCCC2)cc1. The van der Waals surface area contributed by atoms with Crippen LogP contribution in [0.2, 0.25) is 0 Å². The highest BCUT2D eigenvalue weighted by molar-refractivity contribution is 7.89. The van der Waals surface area contributed by atoms with Crippen LogP contribution < -0.4 is 5.32 Å². The van der Waals surface area contributed by atoms with Gasteiger partial charge in [0.2, 0.25) is 21.8 Å². The minimum absolute atomic E-state index is 0.113. The van der Waals surface area contributed by atoms with Gasteiger partial charge in [-0.2, -0.15) is 4.31 Å². The molecule has 0 aromatic heterocycles. The lowest BCUT2D eigenvalue weighted by molar-refractivity contribution is -0.141. The lowest BCUT2D eigenvalue weighted by atomic mass is 10.0. The first kappa shape index (κ1) is 33.0. The number of carbonyl (C=O) groups excluding carboxylic acids is 2. The molecule has 4 aromatic carbocycles. The van der Waals surface area contributed by atoms with Crippen LogP contribution in [0.3, 0.4) is 0 Å². The van der Waals surface area contributed by atoms with Gasteiger partial charge in [-0.15, -0.1) is 0 Å². The first-order valence-electron chi connectivity index (χ1n) is 15.8. The first-order valence-corrected chi connectivity index (χ1v) is 17.2. The van der Waals surface area contributed by atoms with Gasteiger partial charge >= 0.3 is 0 Å². The molecule has 46 heavy (non-hydrogen) atoms. The van der Waals surface area contributed by atoms with E-state index in [2.05, 4.69) is 5.32 Å². The van der Waals surface area contributed by atoms with Crippen LogP contribution in [0.15, 0.2) is 114 Å². The summed E-state index contributed by atoms with van der Waals surface area (Å²) in [7, 11) is -3.53. The van der Waals surface area contributed by atoms with Crippen molar-refractivity contribution in [2.45, 2.75) is 56.0 Å². The van der Waals surface area contributed by atoms with E-state index >= 15 is 0 Å². The van der Waals surface area contributed by atoms with Crippen LogP contribution in [-0.2, 0) is 45.4 Å². The van der Waals surface area contributed by atoms with Crippen LogP contribution in [-0.4, -0.2) is 55.1 Å². The molecule has 0 aliphatic carbocycles. The van der Waals surface area contributed by atoms with Crippen LogP contribution in [0, 0.1) is 5.82 Å². The van der Waals surface area contributed by atoms with Crippen molar-refractivity contribution in [2.24, 2.45) is 0 Å². The normalized spacial score (nSPS) is 14.1. The van der Waals surface area contributed by atoms with Gasteiger partial charge in [0, 0.05) is 39.0 Å². The maximum absolute atomic E-state index is 14.0. The lowest BCUT2D eigenvalue weighted by Crippen LogP contribution is -2.50. The number of amides is 2. The van der Waals surface area contributed by atoms with Gasteiger partial charge in [0.05, 0.1) is 4.90 Å². The number of aryl methyl sites for hydroxylation is 1. The number of nitrogens with one attached hydrogen (secondary N) is 1. The average molecular weight is 642 g/mol. The van der Waals surface area contributed by atoms with E-state index in [4.69, 9.17) is 0 Å². The molecule has 1 aliphatic rings. The van der Waals surface area contributed by atoms with Crippen LogP contribution >= 0.6 is 0 Å². The minimum atomic E-state index is -3.53. The molecule has 0 saturated carbocycles. The summed E-state index contributed by atoms with van der Waals surface area (Å²) in [6.45, 7) is 1.62. The molecule has 1 N–H and O–H groups in total. The molecule has 0 spiro atoms. The Kier molecular flexibility index (Phi) is 11.3. The molecule has 240 valence electrons. The fourth-order valence-electron chi connectivity index (χ4n) is 5.73. The van der Waals surface area contributed by atoms with Crippen LogP contribution in [0.5, 0.6) is 0 Å². The lowest BCUT2D eigenvalue weighted by Gasteiger charge is -2.32. The monoisotopic (exact) mass is 641 g/mol. The third kappa shape index (κ3) is 8.89. The van der Waals surface area contributed by atoms with Gasteiger partial charge in [0.15, 0.2) is 0 Å². The zero-order valence-corrected chi connectivity index (χ0v) is 26.7. The molecule has 9 heteroatoms. The van der Waals surface area contributed by atoms with Crippen molar-refractivity contribution < 1.29 is 22.4 Å². The van der Waals surface area contributed by atoms with Crippen molar-refractivity contribution in [3.05, 3.63) is 137 Å². The van der Waals surface area contributed by atoms with E-state index in [1.807, 2.05) is 60.7 Å². The van der Waals surface area contributed by atoms with Crippen LogP contribution in [0.1, 0.15) is 41.5 Å². The summed E-state index contributed by atoms with van der Waals surface area (Å²) in [5, 5.41) is 3.05. The highest BCUT2D eigenvalue weighted by Gasteiger charge is 2.30. The first-order chi connectivity index (χ1) is 22.3. The molecule has 5 rings (SSSR count). The van der Waals surface area contributed by atoms with Crippen molar-refractivity contribution >= 4 is 21.8 Å². The Morgan fingerprint density at radius 2 is 1.30 bits per heavy atom. The molecule has 0 unspecified atom stereocenters. The molecule has 1 saturated heterocycles. The number of rotatable bonds is 14. The van der Waals surface area contributed by atoms with Crippen molar-refractivity contribution in [1.82, 2.24) is 14.5 Å². The van der Waals surface area contributed by atoms with Crippen LogP contribution in [0.4, 0.5) is 4.39 Å². The largest absolute Gasteiger partial charge is 0.354 e. The molecule has 0 bridgehead atoms. The van der Waals surface area contributed by atoms with Crippen molar-refractivity contribution in [1.29, 1.82) is 0 Å². The summed E-state index contributed by atoms with van der Waals surface area (Å²) in [5.74, 6) is -0.861. The molecule has 1 heterocycles. The Bertz CT molecular complexity index is 1680. The fraction of sp³-hybridized carbons (Fsp3) is 0.297. The van der Waals surface area contributed by atoms with Gasteiger partial charge in [0.25, 0.3) is 0 Å². The topological polar surface area (TPSA) is 86.8 Å². The molecular weight excluding hydrogens is 601 g/mol. The average Bonchev–Trinajstić information content (AvgIpc) is 3.64. The number of carbonyl (C=O) groups is 2. The highest BCUT2D eigenvalue weighted by atomic mass is 32.2. The Morgan fingerprint density at radius 1 is 0.739 bits per heavy atom. The van der Waals surface area contributed by atoms with E-state index in [-0.39, 0.29) is 35.5 Å². The molecule has 0 radical (unpaired) electrons. The van der Waals surface area contributed by atoms with E-state index < -0.39 is 16.1 Å². The summed E-state index contributed by atoms with van der Waals surface area (Å²) in [5.41, 5.74) is 3.54. The predicted octanol–water partition coefficient (Wildman–Crippen LogP) is 5.54. The summed E-state index contributed by atoms with van der Waals surface area (Å²) < 4.78 is 41.1. The summed E-state index contributed by atoms with van der Waals surface area (Å²) in [6, 6.07) is 31.3. The zero-order chi connectivity index (χ0) is 32.4. The molecular formula is C37H40FN3O4S. The van der Waals surface area contributed by atoms with Crippen molar-refractivity contribution in [3.8, 4) is 0 Å². The van der Waals surface area contributed by atoms with Crippen molar-refractivity contribution in [2.75, 3.05) is 19.6 Å².